The first-order valence-electron chi connectivity index (χ1n) is 14.6. The van der Waals surface area contributed by atoms with Crippen molar-refractivity contribution in [3.05, 3.63) is 95.1 Å². The smallest absolute Gasteiger partial charge is 0.00256 e. The van der Waals surface area contributed by atoms with Crippen molar-refractivity contribution in [1.29, 1.82) is 0 Å². The van der Waals surface area contributed by atoms with Crippen LogP contribution in [-0.2, 0) is 19.3 Å². The summed E-state index contributed by atoms with van der Waals surface area (Å²) in [5.74, 6) is 5.46. The molecule has 35 heavy (non-hydrogen) atoms. The van der Waals surface area contributed by atoms with E-state index in [1.54, 1.807) is 11.1 Å². The number of allylic oxidation sites excluding steroid dienone is 2. The normalized spacial score (nSPS) is 32.5. The standard InChI is InChI=1S/C35H44/c1-24-12-32-10-8-27(22-34(32)14-24)17-30-19-29(16-26-6-4-3-5-7-26)20-31(21-30)18-28-9-11-33-13-25(2)15-35(33)23-28/h3-7,19-21,27-28,32-35H,1-2,8-18,22-23H2/t27-,28?,32?,33?,34+,35+/m0/s1. The second-order valence-corrected chi connectivity index (χ2v) is 12.9. The summed E-state index contributed by atoms with van der Waals surface area (Å²) in [6.07, 6.45) is 17.4. The molecule has 0 amide bonds. The van der Waals surface area contributed by atoms with Crippen LogP contribution in [0, 0.1) is 35.5 Å². The molecule has 2 aromatic carbocycles. The molecule has 0 heteroatoms. The van der Waals surface area contributed by atoms with E-state index in [0.29, 0.717) is 0 Å². The summed E-state index contributed by atoms with van der Waals surface area (Å²) in [5, 5.41) is 0. The topological polar surface area (TPSA) is 0 Å². The first kappa shape index (κ1) is 23.3. The predicted molar refractivity (Wildman–Crippen MR) is 148 cm³/mol. The average molecular weight is 465 g/mol. The fourth-order valence-corrected chi connectivity index (χ4v) is 8.58. The van der Waals surface area contributed by atoms with E-state index in [9.17, 15) is 0 Å². The second-order valence-electron chi connectivity index (χ2n) is 12.9. The van der Waals surface area contributed by atoms with E-state index < -0.39 is 0 Å². The van der Waals surface area contributed by atoms with Gasteiger partial charge >= 0.3 is 0 Å². The van der Waals surface area contributed by atoms with Gasteiger partial charge in [-0.1, -0.05) is 72.8 Å². The molecule has 4 saturated carbocycles. The third-order valence-corrected chi connectivity index (χ3v) is 10.1. The van der Waals surface area contributed by atoms with Crippen molar-refractivity contribution in [2.45, 2.75) is 83.5 Å². The molecule has 0 spiro atoms. The SMILES string of the molecule is C=C1CC2CCC(Cc3cc(Cc4ccccc4)cc(C[C@@H]4CCC5CC(=C)C[C@@H]5C4)c3)C[C@H]2C1. The molecule has 0 saturated heterocycles. The zero-order valence-corrected chi connectivity index (χ0v) is 21.7. The summed E-state index contributed by atoms with van der Waals surface area (Å²) in [4.78, 5) is 0. The first-order valence-corrected chi connectivity index (χ1v) is 14.6. The summed E-state index contributed by atoms with van der Waals surface area (Å²) in [5.41, 5.74) is 9.22. The highest BCUT2D eigenvalue weighted by molar-refractivity contribution is 5.35. The van der Waals surface area contributed by atoms with Gasteiger partial charge in [-0.15, -0.1) is 0 Å². The molecule has 0 nitrogen and oxygen atoms in total. The lowest BCUT2D eigenvalue weighted by Gasteiger charge is -2.32. The van der Waals surface area contributed by atoms with Gasteiger partial charge in [0.2, 0.25) is 0 Å². The molecule has 0 aliphatic heterocycles. The minimum atomic E-state index is 0.863. The molecule has 3 unspecified atom stereocenters. The van der Waals surface area contributed by atoms with Gasteiger partial charge in [0.05, 0.1) is 0 Å². The molecule has 6 rings (SSSR count). The molecule has 0 heterocycles. The minimum absolute atomic E-state index is 0.863. The Bertz CT molecular complexity index is 996. The summed E-state index contributed by atoms with van der Waals surface area (Å²) in [6, 6.07) is 18.8. The van der Waals surface area contributed by atoms with Gasteiger partial charge in [-0.05, 0) is 141 Å². The van der Waals surface area contributed by atoms with Gasteiger partial charge in [0.25, 0.3) is 0 Å². The second kappa shape index (κ2) is 10.1. The fourth-order valence-electron chi connectivity index (χ4n) is 8.58. The van der Waals surface area contributed by atoms with E-state index >= 15 is 0 Å². The number of hydrogen-bond acceptors (Lipinski definition) is 0. The zero-order valence-electron chi connectivity index (χ0n) is 21.7. The Kier molecular flexibility index (Phi) is 6.74. The molecule has 4 aliphatic rings. The third-order valence-electron chi connectivity index (χ3n) is 10.1. The first-order chi connectivity index (χ1) is 17.1. The molecule has 4 fully saturated rings. The van der Waals surface area contributed by atoms with Gasteiger partial charge in [-0.25, -0.2) is 0 Å². The number of benzene rings is 2. The number of hydrogen-bond donors (Lipinski definition) is 0. The van der Waals surface area contributed by atoms with Crippen LogP contribution in [-0.4, -0.2) is 0 Å². The fraction of sp³-hybridized carbons (Fsp3) is 0.543. The van der Waals surface area contributed by atoms with Crippen molar-refractivity contribution in [2.24, 2.45) is 35.5 Å². The average Bonchev–Trinajstić information content (AvgIpc) is 3.39. The van der Waals surface area contributed by atoms with Gasteiger partial charge in [-0.3, -0.25) is 0 Å². The minimum Gasteiger partial charge on any atom is -0.0998 e. The third kappa shape index (κ3) is 5.52. The lowest BCUT2D eigenvalue weighted by Crippen LogP contribution is -2.23. The van der Waals surface area contributed by atoms with Crippen LogP contribution in [0.2, 0.25) is 0 Å². The van der Waals surface area contributed by atoms with Crippen molar-refractivity contribution < 1.29 is 0 Å². The molecule has 0 bridgehead atoms. The maximum Gasteiger partial charge on any atom is -0.00256 e. The van der Waals surface area contributed by atoms with E-state index in [1.807, 2.05) is 0 Å². The van der Waals surface area contributed by atoms with Crippen LogP contribution in [0.5, 0.6) is 0 Å². The van der Waals surface area contributed by atoms with E-state index in [2.05, 4.69) is 61.7 Å². The Labute approximate surface area is 213 Å². The number of fused-ring (bicyclic) bond motifs is 2. The van der Waals surface area contributed by atoms with Crippen LogP contribution in [0.15, 0.2) is 72.8 Å². The zero-order chi connectivity index (χ0) is 23.8. The molecular formula is C35H44. The number of rotatable bonds is 6. The van der Waals surface area contributed by atoms with Crippen molar-refractivity contribution in [2.75, 3.05) is 0 Å². The van der Waals surface area contributed by atoms with Crippen molar-refractivity contribution in [3.8, 4) is 0 Å². The predicted octanol–water partition coefficient (Wildman–Crippen LogP) is 9.13. The molecule has 6 atom stereocenters. The van der Waals surface area contributed by atoms with Gasteiger partial charge in [0.15, 0.2) is 0 Å². The molecule has 0 aromatic heterocycles. The van der Waals surface area contributed by atoms with Crippen molar-refractivity contribution >= 4 is 0 Å². The Morgan fingerprint density at radius 2 is 1.03 bits per heavy atom. The highest BCUT2D eigenvalue weighted by Crippen LogP contribution is 2.48. The Balaban J connectivity index is 1.18. The molecule has 4 aliphatic carbocycles. The Morgan fingerprint density at radius 3 is 1.57 bits per heavy atom. The lowest BCUT2D eigenvalue weighted by atomic mass is 9.73. The molecule has 184 valence electrons. The Hall–Kier alpha value is -2.08. The highest BCUT2D eigenvalue weighted by atomic mass is 14.4. The summed E-state index contributed by atoms with van der Waals surface area (Å²) >= 11 is 0. The molecular weight excluding hydrogens is 420 g/mol. The lowest BCUT2D eigenvalue weighted by molar-refractivity contribution is 0.206. The maximum atomic E-state index is 4.33. The van der Waals surface area contributed by atoms with Crippen LogP contribution < -0.4 is 0 Å². The summed E-state index contributed by atoms with van der Waals surface area (Å²) < 4.78 is 0. The summed E-state index contributed by atoms with van der Waals surface area (Å²) in [6.45, 7) is 8.65. The van der Waals surface area contributed by atoms with E-state index in [-0.39, 0.29) is 0 Å². The van der Waals surface area contributed by atoms with Crippen LogP contribution in [0.25, 0.3) is 0 Å². The maximum absolute atomic E-state index is 4.33. The molecule has 0 radical (unpaired) electrons. The van der Waals surface area contributed by atoms with Gasteiger partial charge in [-0.2, -0.15) is 0 Å². The van der Waals surface area contributed by atoms with Crippen LogP contribution in [0.1, 0.15) is 86.5 Å². The van der Waals surface area contributed by atoms with Crippen LogP contribution in [0.3, 0.4) is 0 Å². The summed E-state index contributed by atoms with van der Waals surface area (Å²) in [7, 11) is 0. The largest absolute Gasteiger partial charge is 0.0998 e. The quantitative estimate of drug-likeness (QED) is 0.374. The van der Waals surface area contributed by atoms with E-state index in [4.69, 9.17) is 0 Å². The van der Waals surface area contributed by atoms with Crippen molar-refractivity contribution in [3.63, 3.8) is 0 Å². The van der Waals surface area contributed by atoms with Crippen molar-refractivity contribution in [1.82, 2.24) is 0 Å². The van der Waals surface area contributed by atoms with E-state index in [1.165, 1.54) is 99.3 Å². The molecule has 0 N–H and O–H groups in total. The van der Waals surface area contributed by atoms with Crippen LogP contribution >= 0.6 is 0 Å². The van der Waals surface area contributed by atoms with Gasteiger partial charge in [0.1, 0.15) is 0 Å². The monoisotopic (exact) mass is 464 g/mol. The molecule has 2 aromatic rings. The van der Waals surface area contributed by atoms with Gasteiger partial charge in [0, 0.05) is 0 Å². The van der Waals surface area contributed by atoms with E-state index in [0.717, 1.165) is 41.9 Å². The highest BCUT2D eigenvalue weighted by Gasteiger charge is 2.36. The van der Waals surface area contributed by atoms with Gasteiger partial charge < -0.3 is 0 Å². The Morgan fingerprint density at radius 1 is 0.543 bits per heavy atom. The van der Waals surface area contributed by atoms with Crippen LogP contribution in [0.4, 0.5) is 0 Å².